The molecule has 0 atom stereocenters. The average Bonchev–Trinajstić information content (AvgIpc) is 2.54. The van der Waals surface area contributed by atoms with E-state index >= 15 is 0 Å². The Labute approximate surface area is 125 Å². The van der Waals surface area contributed by atoms with E-state index in [1.54, 1.807) is 18.1 Å². The number of benzene rings is 2. The lowest BCUT2D eigenvalue weighted by Crippen LogP contribution is -2.32. The van der Waals surface area contributed by atoms with E-state index < -0.39 is 0 Å². The first-order chi connectivity index (χ1) is 10.2. The molecule has 21 heavy (non-hydrogen) atoms. The third-order valence-corrected chi connectivity index (χ3v) is 3.19. The number of hydrogen-bond donors (Lipinski definition) is 0. The number of methoxy groups -OCH3 is 1. The van der Waals surface area contributed by atoms with Gasteiger partial charge in [0, 0.05) is 12.2 Å². The smallest absolute Gasteiger partial charge is 0.231 e. The molecule has 0 radical (unpaired) electrons. The highest BCUT2D eigenvalue weighted by atomic mass is 16.5. The van der Waals surface area contributed by atoms with Crippen molar-refractivity contribution in [2.45, 2.75) is 6.42 Å². The van der Waals surface area contributed by atoms with Gasteiger partial charge in [0.2, 0.25) is 5.91 Å². The second kappa shape index (κ2) is 7.29. The molecule has 0 fully saturated rings. The summed E-state index contributed by atoms with van der Waals surface area (Å²) in [5, 5.41) is 0. The number of nitrogens with zero attached hydrogens (tertiary/aromatic N) is 1. The number of ether oxygens (including phenoxy) is 1. The summed E-state index contributed by atoms with van der Waals surface area (Å²) in [7, 11) is 1.63. The molecule has 1 amide bonds. The molecular formula is C18H19NO2. The summed E-state index contributed by atoms with van der Waals surface area (Å²) in [6.45, 7) is 4.23. The zero-order chi connectivity index (χ0) is 15.1. The van der Waals surface area contributed by atoms with Crippen molar-refractivity contribution >= 4 is 11.6 Å². The van der Waals surface area contributed by atoms with Crippen LogP contribution in [0, 0.1) is 0 Å². The predicted octanol–water partition coefficient (Wildman–Crippen LogP) is 3.46. The van der Waals surface area contributed by atoms with Crippen LogP contribution < -0.4 is 9.64 Å². The van der Waals surface area contributed by atoms with Crippen molar-refractivity contribution < 1.29 is 9.53 Å². The minimum Gasteiger partial charge on any atom is -0.497 e. The molecule has 0 unspecified atom stereocenters. The lowest BCUT2D eigenvalue weighted by atomic mass is 10.1. The van der Waals surface area contributed by atoms with Crippen LogP contribution in [0.15, 0.2) is 67.3 Å². The van der Waals surface area contributed by atoms with Gasteiger partial charge in [0.25, 0.3) is 0 Å². The van der Waals surface area contributed by atoms with Crippen LogP contribution >= 0.6 is 0 Å². The Morgan fingerprint density at radius 3 is 2.38 bits per heavy atom. The van der Waals surface area contributed by atoms with E-state index in [1.807, 2.05) is 54.6 Å². The topological polar surface area (TPSA) is 29.5 Å². The van der Waals surface area contributed by atoms with Crippen LogP contribution in [0.1, 0.15) is 5.56 Å². The summed E-state index contributed by atoms with van der Waals surface area (Å²) < 4.78 is 5.12. The Kier molecular flexibility index (Phi) is 5.16. The van der Waals surface area contributed by atoms with Crippen molar-refractivity contribution in [3.63, 3.8) is 0 Å². The Bertz CT molecular complexity index is 590. The number of para-hydroxylation sites is 1. The van der Waals surface area contributed by atoms with Crippen LogP contribution in [0.2, 0.25) is 0 Å². The van der Waals surface area contributed by atoms with Crippen LogP contribution in [0.25, 0.3) is 0 Å². The van der Waals surface area contributed by atoms with Crippen molar-refractivity contribution in [1.29, 1.82) is 0 Å². The monoisotopic (exact) mass is 281 g/mol. The molecule has 2 rings (SSSR count). The van der Waals surface area contributed by atoms with Gasteiger partial charge in [-0.15, -0.1) is 6.58 Å². The van der Waals surface area contributed by atoms with Gasteiger partial charge in [-0.3, -0.25) is 4.79 Å². The highest BCUT2D eigenvalue weighted by molar-refractivity contribution is 5.95. The van der Waals surface area contributed by atoms with Gasteiger partial charge in [-0.25, -0.2) is 0 Å². The Morgan fingerprint density at radius 2 is 1.81 bits per heavy atom. The molecule has 0 bridgehead atoms. The Balaban J connectivity index is 2.13. The van der Waals surface area contributed by atoms with E-state index in [0.717, 1.165) is 17.0 Å². The van der Waals surface area contributed by atoms with Crippen molar-refractivity contribution in [2.75, 3.05) is 18.6 Å². The molecule has 0 N–H and O–H groups in total. The third kappa shape index (κ3) is 3.96. The molecule has 0 heterocycles. The molecule has 0 aliphatic heterocycles. The molecule has 0 saturated carbocycles. The molecule has 0 aromatic heterocycles. The number of amides is 1. The van der Waals surface area contributed by atoms with Gasteiger partial charge in [-0.1, -0.05) is 36.4 Å². The summed E-state index contributed by atoms with van der Waals surface area (Å²) in [5.41, 5.74) is 1.85. The largest absolute Gasteiger partial charge is 0.497 e. The van der Waals surface area contributed by atoms with E-state index in [9.17, 15) is 4.79 Å². The van der Waals surface area contributed by atoms with E-state index in [1.165, 1.54) is 0 Å². The average molecular weight is 281 g/mol. The van der Waals surface area contributed by atoms with Crippen LogP contribution in [0.3, 0.4) is 0 Å². The molecule has 0 spiro atoms. The van der Waals surface area contributed by atoms with E-state index in [0.29, 0.717) is 13.0 Å². The van der Waals surface area contributed by atoms with Gasteiger partial charge < -0.3 is 9.64 Å². The number of rotatable bonds is 6. The molecule has 2 aromatic carbocycles. The van der Waals surface area contributed by atoms with E-state index in [-0.39, 0.29) is 5.91 Å². The predicted molar refractivity (Wildman–Crippen MR) is 85.7 cm³/mol. The minimum atomic E-state index is 0.0475. The number of anilines is 1. The number of hydrogen-bond acceptors (Lipinski definition) is 2. The number of carbonyl (C=O) groups is 1. The van der Waals surface area contributed by atoms with Gasteiger partial charge in [0.15, 0.2) is 0 Å². The van der Waals surface area contributed by atoms with Crippen LogP contribution in [0.5, 0.6) is 5.75 Å². The van der Waals surface area contributed by atoms with E-state index in [4.69, 9.17) is 4.74 Å². The second-order valence-corrected chi connectivity index (χ2v) is 4.65. The first-order valence-electron chi connectivity index (χ1n) is 6.84. The third-order valence-electron chi connectivity index (χ3n) is 3.19. The fourth-order valence-corrected chi connectivity index (χ4v) is 2.10. The summed E-state index contributed by atoms with van der Waals surface area (Å²) in [5.74, 6) is 0.837. The first-order valence-corrected chi connectivity index (χ1v) is 6.84. The summed E-state index contributed by atoms with van der Waals surface area (Å²) in [6.07, 6.45) is 2.09. The lowest BCUT2D eigenvalue weighted by Gasteiger charge is -2.21. The molecular weight excluding hydrogens is 262 g/mol. The zero-order valence-corrected chi connectivity index (χ0v) is 12.2. The SMILES string of the molecule is C=CCN(C(=O)Cc1ccc(OC)cc1)c1ccccc1. The van der Waals surface area contributed by atoms with Gasteiger partial charge >= 0.3 is 0 Å². The fraction of sp³-hybridized carbons (Fsp3) is 0.167. The molecule has 108 valence electrons. The summed E-state index contributed by atoms with van der Waals surface area (Å²) >= 11 is 0. The summed E-state index contributed by atoms with van der Waals surface area (Å²) in [6, 6.07) is 17.2. The second-order valence-electron chi connectivity index (χ2n) is 4.65. The quantitative estimate of drug-likeness (QED) is 0.759. The van der Waals surface area contributed by atoms with Crippen molar-refractivity contribution in [2.24, 2.45) is 0 Å². The maximum absolute atomic E-state index is 12.5. The molecule has 3 heteroatoms. The van der Waals surface area contributed by atoms with Gasteiger partial charge in [0.05, 0.1) is 13.5 Å². The van der Waals surface area contributed by atoms with Gasteiger partial charge in [-0.05, 0) is 29.8 Å². The first kappa shape index (κ1) is 14.9. The van der Waals surface area contributed by atoms with Crippen molar-refractivity contribution in [3.8, 4) is 5.75 Å². The lowest BCUT2D eigenvalue weighted by molar-refractivity contribution is -0.117. The van der Waals surface area contributed by atoms with Crippen LogP contribution in [-0.2, 0) is 11.2 Å². The highest BCUT2D eigenvalue weighted by Crippen LogP contribution is 2.17. The molecule has 3 nitrogen and oxygen atoms in total. The van der Waals surface area contributed by atoms with E-state index in [2.05, 4.69) is 6.58 Å². The van der Waals surface area contributed by atoms with Crippen LogP contribution in [-0.4, -0.2) is 19.6 Å². The Hall–Kier alpha value is -2.55. The maximum Gasteiger partial charge on any atom is 0.231 e. The van der Waals surface area contributed by atoms with Crippen molar-refractivity contribution in [3.05, 3.63) is 72.8 Å². The van der Waals surface area contributed by atoms with Crippen LogP contribution in [0.4, 0.5) is 5.69 Å². The Morgan fingerprint density at radius 1 is 1.14 bits per heavy atom. The maximum atomic E-state index is 12.5. The zero-order valence-electron chi connectivity index (χ0n) is 12.2. The standard InChI is InChI=1S/C18H19NO2/c1-3-13-19(16-7-5-4-6-8-16)18(20)14-15-9-11-17(21-2)12-10-15/h3-12H,1,13-14H2,2H3. The van der Waals surface area contributed by atoms with Gasteiger partial charge in [-0.2, -0.15) is 0 Å². The molecule has 2 aromatic rings. The molecule has 0 saturated heterocycles. The van der Waals surface area contributed by atoms with Gasteiger partial charge in [0.1, 0.15) is 5.75 Å². The van der Waals surface area contributed by atoms with Crippen molar-refractivity contribution in [1.82, 2.24) is 0 Å². The normalized spacial score (nSPS) is 9.95. The summed E-state index contributed by atoms with van der Waals surface area (Å²) in [4.78, 5) is 14.2. The molecule has 0 aliphatic rings. The fourth-order valence-electron chi connectivity index (χ4n) is 2.10. The number of carbonyl (C=O) groups excluding carboxylic acids is 1. The highest BCUT2D eigenvalue weighted by Gasteiger charge is 2.14. The molecule has 0 aliphatic carbocycles. The minimum absolute atomic E-state index is 0.0475.